The first-order valence-electron chi connectivity index (χ1n) is 5.69. The van der Waals surface area contributed by atoms with Crippen molar-refractivity contribution in [3.8, 4) is 5.75 Å². The van der Waals surface area contributed by atoms with Crippen LogP contribution in [0.2, 0.25) is 5.02 Å². The van der Waals surface area contributed by atoms with Gasteiger partial charge in [-0.05, 0) is 24.5 Å². The highest BCUT2D eigenvalue weighted by atomic mass is 35.5. The molecule has 0 aliphatic rings. The fourth-order valence-electron chi connectivity index (χ4n) is 1.41. The first-order valence-corrected chi connectivity index (χ1v) is 6.07. The Balaban J connectivity index is 3.01. The predicted molar refractivity (Wildman–Crippen MR) is 67.9 cm³/mol. The molecule has 4 nitrogen and oxygen atoms in total. The van der Waals surface area contributed by atoms with Crippen LogP contribution in [0.25, 0.3) is 0 Å². The molecule has 0 fully saturated rings. The third-order valence-corrected chi connectivity index (χ3v) is 2.82. The third kappa shape index (κ3) is 3.60. The van der Waals surface area contributed by atoms with Crippen molar-refractivity contribution in [2.75, 3.05) is 6.61 Å². The topological polar surface area (TPSA) is 52.4 Å². The highest BCUT2D eigenvalue weighted by Crippen LogP contribution is 2.35. The maximum Gasteiger partial charge on any atom is 0.291 e. The van der Waals surface area contributed by atoms with Crippen molar-refractivity contribution < 1.29 is 9.66 Å². The smallest absolute Gasteiger partial charge is 0.291 e. The van der Waals surface area contributed by atoms with Crippen LogP contribution in [-0.4, -0.2) is 11.5 Å². The van der Waals surface area contributed by atoms with Crippen LogP contribution in [0.4, 0.5) is 5.69 Å². The van der Waals surface area contributed by atoms with Gasteiger partial charge in [-0.1, -0.05) is 31.9 Å². The molecule has 5 heteroatoms. The summed E-state index contributed by atoms with van der Waals surface area (Å²) in [6.45, 7) is 4.51. The predicted octanol–water partition coefficient (Wildman–Crippen LogP) is 3.99. The number of aryl methyl sites for hydroxylation is 1. The Morgan fingerprint density at radius 1 is 1.41 bits per heavy atom. The summed E-state index contributed by atoms with van der Waals surface area (Å²) >= 11 is 5.94. The number of unbranched alkanes of at least 4 members (excludes halogenated alkanes) is 1. The van der Waals surface area contributed by atoms with Crippen molar-refractivity contribution in [2.24, 2.45) is 0 Å². The molecule has 0 amide bonds. The number of halogens is 1. The van der Waals surface area contributed by atoms with Crippen molar-refractivity contribution in [3.05, 3.63) is 32.8 Å². The van der Waals surface area contributed by atoms with Crippen molar-refractivity contribution in [1.82, 2.24) is 0 Å². The number of hydrogen-bond donors (Lipinski definition) is 0. The van der Waals surface area contributed by atoms with Gasteiger partial charge in [-0.3, -0.25) is 10.1 Å². The maximum atomic E-state index is 10.8. The fourth-order valence-corrected chi connectivity index (χ4v) is 1.64. The molecule has 1 aromatic rings. The van der Waals surface area contributed by atoms with E-state index in [1.54, 1.807) is 6.07 Å². The molecule has 0 N–H and O–H groups in total. The lowest BCUT2D eigenvalue weighted by Crippen LogP contribution is -2.00. The zero-order valence-electron chi connectivity index (χ0n) is 10.0. The van der Waals surface area contributed by atoms with Crippen LogP contribution in [0, 0.1) is 10.1 Å². The van der Waals surface area contributed by atoms with Gasteiger partial charge in [0.1, 0.15) is 5.75 Å². The average Bonchev–Trinajstić information content (AvgIpc) is 2.31. The molecular weight excluding hydrogens is 242 g/mol. The van der Waals surface area contributed by atoms with Crippen molar-refractivity contribution in [2.45, 2.75) is 33.1 Å². The molecule has 0 unspecified atom stereocenters. The number of hydrogen-bond acceptors (Lipinski definition) is 3. The Hall–Kier alpha value is -1.29. The molecule has 17 heavy (non-hydrogen) atoms. The van der Waals surface area contributed by atoms with Crippen LogP contribution >= 0.6 is 11.6 Å². The largest absolute Gasteiger partial charge is 0.492 e. The number of benzene rings is 1. The number of nitro benzene ring substituents is 1. The van der Waals surface area contributed by atoms with Gasteiger partial charge in [0.2, 0.25) is 0 Å². The monoisotopic (exact) mass is 257 g/mol. The molecule has 0 aliphatic heterocycles. The Morgan fingerprint density at radius 2 is 2.12 bits per heavy atom. The highest BCUT2D eigenvalue weighted by Gasteiger charge is 2.18. The molecule has 0 heterocycles. The van der Waals surface area contributed by atoms with Crippen molar-refractivity contribution >= 4 is 17.3 Å². The molecule has 0 spiro atoms. The van der Waals surface area contributed by atoms with E-state index in [4.69, 9.17) is 16.3 Å². The summed E-state index contributed by atoms with van der Waals surface area (Å²) in [7, 11) is 0. The summed E-state index contributed by atoms with van der Waals surface area (Å²) in [4.78, 5) is 10.4. The molecule has 0 aliphatic carbocycles. The van der Waals surface area contributed by atoms with E-state index in [-0.39, 0.29) is 10.7 Å². The van der Waals surface area contributed by atoms with Crippen LogP contribution in [0.15, 0.2) is 12.1 Å². The summed E-state index contributed by atoms with van der Waals surface area (Å²) in [5, 5.41) is 10.9. The molecule has 94 valence electrons. The molecule has 0 radical (unpaired) electrons. The zero-order valence-corrected chi connectivity index (χ0v) is 10.8. The minimum Gasteiger partial charge on any atom is -0.492 e. The lowest BCUT2D eigenvalue weighted by molar-refractivity contribution is -0.384. The van der Waals surface area contributed by atoms with E-state index >= 15 is 0 Å². The van der Waals surface area contributed by atoms with Gasteiger partial charge in [-0.25, -0.2) is 0 Å². The summed E-state index contributed by atoms with van der Waals surface area (Å²) in [5.41, 5.74) is 0.769. The molecular formula is C12H16ClNO3. The quantitative estimate of drug-likeness (QED) is 0.440. The normalized spacial score (nSPS) is 10.3. The van der Waals surface area contributed by atoms with Gasteiger partial charge in [0.05, 0.1) is 11.5 Å². The molecule has 1 aromatic carbocycles. The molecule has 0 saturated heterocycles. The van der Waals surface area contributed by atoms with Crippen LogP contribution in [0.1, 0.15) is 32.3 Å². The third-order valence-electron chi connectivity index (χ3n) is 2.44. The Labute approximate surface area is 106 Å². The second kappa shape index (κ2) is 6.45. The molecule has 1 rings (SSSR count). The summed E-state index contributed by atoms with van der Waals surface area (Å²) < 4.78 is 5.47. The Kier molecular flexibility index (Phi) is 5.22. The second-order valence-electron chi connectivity index (χ2n) is 3.74. The first-order chi connectivity index (χ1) is 8.10. The lowest BCUT2D eigenvalue weighted by atomic mass is 10.1. The molecule has 0 atom stereocenters. The second-order valence-corrected chi connectivity index (χ2v) is 4.12. The van der Waals surface area contributed by atoms with Crippen LogP contribution in [0.3, 0.4) is 0 Å². The standard InChI is InChI=1S/C12H16ClNO3/c1-3-5-6-17-11-8-9(4-2)7-10(12(11)13)14(15)16/h7-8H,3-6H2,1-2H3. The summed E-state index contributed by atoms with van der Waals surface area (Å²) in [6.07, 6.45) is 2.62. The van der Waals surface area contributed by atoms with Gasteiger partial charge >= 0.3 is 0 Å². The van der Waals surface area contributed by atoms with E-state index in [9.17, 15) is 10.1 Å². The number of nitrogens with zero attached hydrogens (tertiary/aromatic N) is 1. The minimum atomic E-state index is -0.478. The van der Waals surface area contributed by atoms with Crippen molar-refractivity contribution in [3.63, 3.8) is 0 Å². The summed E-state index contributed by atoms with van der Waals surface area (Å²) in [6, 6.07) is 3.26. The molecule has 0 saturated carbocycles. The molecule has 0 bridgehead atoms. The summed E-state index contributed by atoms with van der Waals surface area (Å²) in [5.74, 6) is 0.408. The van der Waals surface area contributed by atoms with E-state index < -0.39 is 4.92 Å². The SMILES string of the molecule is CCCCOc1cc(CC)cc([N+](=O)[O-])c1Cl. The van der Waals surface area contributed by atoms with Crippen molar-refractivity contribution in [1.29, 1.82) is 0 Å². The molecule has 0 aromatic heterocycles. The van der Waals surface area contributed by atoms with Gasteiger partial charge in [-0.2, -0.15) is 0 Å². The van der Waals surface area contributed by atoms with E-state index in [1.807, 2.05) is 6.92 Å². The average molecular weight is 258 g/mol. The number of rotatable bonds is 6. The van der Waals surface area contributed by atoms with Gasteiger partial charge in [0.25, 0.3) is 5.69 Å². The van der Waals surface area contributed by atoms with E-state index in [2.05, 4.69) is 6.92 Å². The van der Waals surface area contributed by atoms with Gasteiger partial charge in [0.15, 0.2) is 5.02 Å². The van der Waals surface area contributed by atoms with Crippen LogP contribution in [-0.2, 0) is 6.42 Å². The maximum absolute atomic E-state index is 10.8. The van der Waals surface area contributed by atoms with Gasteiger partial charge < -0.3 is 4.74 Å². The Morgan fingerprint density at radius 3 is 2.65 bits per heavy atom. The number of nitro groups is 1. The van der Waals surface area contributed by atoms with E-state index in [0.717, 1.165) is 18.4 Å². The minimum absolute atomic E-state index is 0.0856. The van der Waals surface area contributed by atoms with E-state index in [0.29, 0.717) is 18.8 Å². The highest BCUT2D eigenvalue weighted by molar-refractivity contribution is 6.34. The lowest BCUT2D eigenvalue weighted by Gasteiger charge is -2.09. The van der Waals surface area contributed by atoms with Gasteiger partial charge in [0, 0.05) is 6.07 Å². The number of ether oxygens (including phenoxy) is 1. The Bertz CT molecular complexity index is 407. The van der Waals surface area contributed by atoms with E-state index in [1.165, 1.54) is 6.07 Å². The fraction of sp³-hybridized carbons (Fsp3) is 0.500. The van der Waals surface area contributed by atoms with Gasteiger partial charge in [-0.15, -0.1) is 0 Å². The first kappa shape index (κ1) is 13.8. The zero-order chi connectivity index (χ0) is 12.8. The van der Waals surface area contributed by atoms with Crippen LogP contribution < -0.4 is 4.74 Å². The van der Waals surface area contributed by atoms with Crippen LogP contribution in [0.5, 0.6) is 5.75 Å².